The van der Waals surface area contributed by atoms with Gasteiger partial charge in [-0.25, -0.2) is 4.98 Å². The first-order valence-corrected chi connectivity index (χ1v) is 5.74. The normalized spacial score (nSPS) is 10.1. The highest BCUT2D eigenvalue weighted by Crippen LogP contribution is 2.36. The van der Waals surface area contributed by atoms with Gasteiger partial charge in [0.1, 0.15) is 0 Å². The lowest BCUT2D eigenvalue weighted by Crippen LogP contribution is -1.99. The van der Waals surface area contributed by atoms with Gasteiger partial charge in [0.25, 0.3) is 5.69 Å². The van der Waals surface area contributed by atoms with E-state index in [1.54, 1.807) is 12.3 Å². The molecule has 0 atom stereocenters. The van der Waals surface area contributed by atoms with Crippen LogP contribution in [0.2, 0.25) is 0 Å². The number of anilines is 1. The fourth-order valence-electron chi connectivity index (χ4n) is 1.58. The van der Waals surface area contributed by atoms with Crippen LogP contribution in [-0.4, -0.2) is 17.0 Å². The quantitative estimate of drug-likeness (QED) is 0.680. The number of non-ortho nitro benzene ring substituents is 1. The Morgan fingerprint density at radius 2 is 2.05 bits per heavy atom. The maximum atomic E-state index is 10.7. The van der Waals surface area contributed by atoms with Crippen LogP contribution in [-0.2, 0) is 0 Å². The minimum Gasteiger partial charge on any atom is -0.493 e. The van der Waals surface area contributed by atoms with Crippen molar-refractivity contribution in [2.45, 2.75) is 6.92 Å². The molecule has 0 bridgehead atoms. The third-order valence-electron chi connectivity index (χ3n) is 2.74. The Bertz CT molecular complexity index is 658. The molecule has 0 aliphatic rings. The zero-order valence-corrected chi connectivity index (χ0v) is 11.0. The molecule has 20 heavy (non-hydrogen) atoms. The summed E-state index contributed by atoms with van der Waals surface area (Å²) < 4.78 is 10.6. The maximum Gasteiger partial charge on any atom is 0.273 e. The van der Waals surface area contributed by atoms with Crippen molar-refractivity contribution in [3.63, 3.8) is 0 Å². The van der Waals surface area contributed by atoms with Crippen LogP contribution >= 0.6 is 0 Å². The summed E-state index contributed by atoms with van der Waals surface area (Å²) in [6.45, 7) is 1.83. The highest BCUT2D eigenvalue weighted by molar-refractivity contribution is 5.57. The van der Waals surface area contributed by atoms with Gasteiger partial charge in [-0.2, -0.15) is 0 Å². The van der Waals surface area contributed by atoms with Crippen molar-refractivity contribution in [1.82, 2.24) is 4.98 Å². The number of aromatic nitrogens is 1. The molecular formula is C13H13N3O4. The van der Waals surface area contributed by atoms with E-state index in [1.165, 1.54) is 25.3 Å². The van der Waals surface area contributed by atoms with Crippen LogP contribution in [0.4, 0.5) is 11.4 Å². The Labute approximate surface area is 115 Å². The molecule has 1 heterocycles. The molecule has 2 aromatic rings. The van der Waals surface area contributed by atoms with Gasteiger partial charge in [-0.3, -0.25) is 10.1 Å². The number of hydrogen-bond acceptors (Lipinski definition) is 6. The molecule has 0 aliphatic carbocycles. The van der Waals surface area contributed by atoms with E-state index in [9.17, 15) is 10.1 Å². The van der Waals surface area contributed by atoms with Gasteiger partial charge >= 0.3 is 0 Å². The van der Waals surface area contributed by atoms with Gasteiger partial charge in [0.15, 0.2) is 11.5 Å². The molecule has 0 fully saturated rings. The Morgan fingerprint density at radius 1 is 1.30 bits per heavy atom. The van der Waals surface area contributed by atoms with Crippen LogP contribution in [0.5, 0.6) is 17.4 Å². The Kier molecular flexibility index (Phi) is 3.69. The number of ether oxygens (including phenoxy) is 2. The smallest absolute Gasteiger partial charge is 0.273 e. The Balaban J connectivity index is 2.38. The van der Waals surface area contributed by atoms with Gasteiger partial charge in [0.2, 0.25) is 5.88 Å². The monoisotopic (exact) mass is 275 g/mol. The fraction of sp³-hybridized carbons (Fsp3) is 0.154. The van der Waals surface area contributed by atoms with Crippen molar-refractivity contribution >= 4 is 11.4 Å². The topological polar surface area (TPSA) is 101 Å². The molecule has 0 spiro atoms. The van der Waals surface area contributed by atoms with E-state index in [1.807, 2.05) is 6.92 Å². The molecule has 0 radical (unpaired) electrons. The number of hydrogen-bond donors (Lipinski definition) is 1. The number of nitro groups is 1. The number of rotatable bonds is 4. The highest BCUT2D eigenvalue weighted by atomic mass is 16.6. The SMILES string of the molecule is COc1cc([N+](=O)[O-])ccc1Oc1nccc(C)c1N. The minimum absolute atomic E-state index is 0.0839. The van der Waals surface area contributed by atoms with Crippen LogP contribution < -0.4 is 15.2 Å². The lowest BCUT2D eigenvalue weighted by Gasteiger charge is -2.11. The van der Waals surface area contributed by atoms with Crippen LogP contribution in [0.15, 0.2) is 30.5 Å². The van der Waals surface area contributed by atoms with Crippen molar-refractivity contribution in [2.24, 2.45) is 0 Å². The second-order valence-electron chi connectivity index (χ2n) is 4.04. The third kappa shape index (κ3) is 2.61. The number of aryl methyl sites for hydroxylation is 1. The highest BCUT2D eigenvalue weighted by Gasteiger charge is 2.14. The van der Waals surface area contributed by atoms with Gasteiger partial charge in [-0.05, 0) is 24.6 Å². The molecule has 7 nitrogen and oxygen atoms in total. The number of methoxy groups -OCH3 is 1. The molecule has 1 aromatic heterocycles. The second kappa shape index (κ2) is 5.43. The summed E-state index contributed by atoms with van der Waals surface area (Å²) >= 11 is 0. The van der Waals surface area contributed by atoms with Gasteiger partial charge in [-0.1, -0.05) is 0 Å². The van der Waals surface area contributed by atoms with Crippen molar-refractivity contribution in [3.05, 3.63) is 46.1 Å². The van der Waals surface area contributed by atoms with E-state index in [0.717, 1.165) is 5.56 Å². The molecule has 0 saturated heterocycles. The summed E-state index contributed by atoms with van der Waals surface area (Å²) in [5.41, 5.74) is 7.02. The third-order valence-corrected chi connectivity index (χ3v) is 2.74. The zero-order chi connectivity index (χ0) is 14.7. The zero-order valence-electron chi connectivity index (χ0n) is 11.0. The largest absolute Gasteiger partial charge is 0.493 e. The van der Waals surface area contributed by atoms with Gasteiger partial charge in [0.05, 0.1) is 23.8 Å². The molecule has 0 amide bonds. The van der Waals surface area contributed by atoms with E-state index in [-0.39, 0.29) is 17.3 Å². The van der Waals surface area contributed by atoms with Crippen molar-refractivity contribution < 1.29 is 14.4 Å². The molecule has 0 saturated carbocycles. The van der Waals surface area contributed by atoms with E-state index in [0.29, 0.717) is 11.4 Å². The molecule has 0 unspecified atom stereocenters. The van der Waals surface area contributed by atoms with E-state index in [4.69, 9.17) is 15.2 Å². The van der Waals surface area contributed by atoms with Crippen LogP contribution in [0.1, 0.15) is 5.56 Å². The molecule has 2 rings (SSSR count). The second-order valence-corrected chi connectivity index (χ2v) is 4.04. The van der Waals surface area contributed by atoms with Gasteiger partial charge in [-0.15, -0.1) is 0 Å². The molecule has 7 heteroatoms. The number of nitrogens with two attached hydrogens (primary N) is 1. The number of nitrogen functional groups attached to an aromatic ring is 1. The predicted octanol–water partition coefficient (Wildman–Crippen LogP) is 2.68. The van der Waals surface area contributed by atoms with E-state index < -0.39 is 4.92 Å². The molecular weight excluding hydrogens is 262 g/mol. The standard InChI is InChI=1S/C13H13N3O4/c1-8-5-6-15-13(12(8)14)20-10-4-3-9(16(17)18)7-11(10)19-2/h3-7H,14H2,1-2H3. The molecule has 1 aromatic carbocycles. The lowest BCUT2D eigenvalue weighted by molar-refractivity contribution is -0.384. The van der Waals surface area contributed by atoms with Crippen LogP contribution in [0.25, 0.3) is 0 Å². The average Bonchev–Trinajstić information content (AvgIpc) is 2.44. The lowest BCUT2D eigenvalue weighted by atomic mass is 10.2. The summed E-state index contributed by atoms with van der Waals surface area (Å²) in [6, 6.07) is 5.81. The molecule has 104 valence electrons. The first-order chi connectivity index (χ1) is 9.52. The first kappa shape index (κ1) is 13.6. The first-order valence-electron chi connectivity index (χ1n) is 5.74. The van der Waals surface area contributed by atoms with Crippen molar-refractivity contribution in [3.8, 4) is 17.4 Å². The Hall–Kier alpha value is -2.83. The minimum atomic E-state index is -0.508. The van der Waals surface area contributed by atoms with Crippen LogP contribution in [0.3, 0.4) is 0 Å². The predicted molar refractivity (Wildman–Crippen MR) is 73.1 cm³/mol. The van der Waals surface area contributed by atoms with Crippen molar-refractivity contribution in [1.29, 1.82) is 0 Å². The Morgan fingerprint density at radius 3 is 2.70 bits per heavy atom. The van der Waals surface area contributed by atoms with Crippen LogP contribution in [0, 0.1) is 17.0 Å². The number of nitro benzene ring substituents is 1. The number of nitrogens with zero attached hydrogens (tertiary/aromatic N) is 2. The molecule has 0 aliphatic heterocycles. The maximum absolute atomic E-state index is 10.7. The van der Waals surface area contributed by atoms with E-state index in [2.05, 4.69) is 4.98 Å². The number of benzene rings is 1. The number of pyridine rings is 1. The fourth-order valence-corrected chi connectivity index (χ4v) is 1.58. The average molecular weight is 275 g/mol. The summed E-state index contributed by atoms with van der Waals surface area (Å²) in [4.78, 5) is 14.2. The summed E-state index contributed by atoms with van der Waals surface area (Å²) in [6.07, 6.45) is 1.57. The summed E-state index contributed by atoms with van der Waals surface area (Å²) in [5, 5.41) is 10.7. The van der Waals surface area contributed by atoms with Crippen molar-refractivity contribution in [2.75, 3.05) is 12.8 Å². The van der Waals surface area contributed by atoms with E-state index >= 15 is 0 Å². The summed E-state index contributed by atoms with van der Waals surface area (Å²) in [7, 11) is 1.40. The summed E-state index contributed by atoms with van der Waals surface area (Å²) in [5.74, 6) is 0.780. The van der Waals surface area contributed by atoms with Gasteiger partial charge in [0, 0.05) is 12.3 Å². The van der Waals surface area contributed by atoms with Gasteiger partial charge < -0.3 is 15.2 Å². The molecule has 2 N–H and O–H groups in total.